The van der Waals surface area contributed by atoms with E-state index in [1.807, 2.05) is 12.1 Å². The van der Waals surface area contributed by atoms with Crippen LogP contribution < -0.4 is 5.32 Å². The Morgan fingerprint density at radius 1 is 1.30 bits per heavy atom. The van der Waals surface area contributed by atoms with Gasteiger partial charge >= 0.3 is 0 Å². The first-order chi connectivity index (χ1) is 9.56. The lowest BCUT2D eigenvalue weighted by atomic mass is 10.1. The molecule has 0 saturated carbocycles. The number of hydrogen-bond donors (Lipinski definition) is 1. The fourth-order valence-electron chi connectivity index (χ4n) is 2.17. The van der Waals surface area contributed by atoms with Crippen molar-refractivity contribution in [3.05, 3.63) is 49.4 Å². The minimum Gasteiger partial charge on any atom is -0.304 e. The largest absolute Gasteiger partial charge is 0.304 e. The van der Waals surface area contributed by atoms with Crippen molar-refractivity contribution in [3.63, 3.8) is 0 Å². The van der Waals surface area contributed by atoms with Crippen molar-refractivity contribution in [2.45, 2.75) is 33.2 Å². The molecular weight excluding hydrogens is 311 g/mol. The SMILES string of the molecule is CCNC(c1nc(CC)c(C)s1)c1cc(Cl)ccc1Cl. The normalized spacial score (nSPS) is 12.7. The number of benzene rings is 1. The molecule has 1 unspecified atom stereocenters. The number of halogens is 2. The Labute approximate surface area is 134 Å². The number of aryl methyl sites for hydroxylation is 2. The first-order valence-electron chi connectivity index (χ1n) is 6.71. The summed E-state index contributed by atoms with van der Waals surface area (Å²) in [6.45, 7) is 7.16. The molecule has 2 aromatic rings. The minimum absolute atomic E-state index is 0.00444. The predicted molar refractivity (Wildman–Crippen MR) is 88.2 cm³/mol. The van der Waals surface area contributed by atoms with Gasteiger partial charge in [0.05, 0.1) is 11.7 Å². The molecule has 0 bridgehead atoms. The molecule has 1 N–H and O–H groups in total. The molecule has 20 heavy (non-hydrogen) atoms. The van der Waals surface area contributed by atoms with Gasteiger partial charge in [-0.25, -0.2) is 4.98 Å². The van der Waals surface area contributed by atoms with E-state index in [1.165, 1.54) is 4.88 Å². The molecule has 0 radical (unpaired) electrons. The maximum atomic E-state index is 6.34. The van der Waals surface area contributed by atoms with E-state index >= 15 is 0 Å². The lowest BCUT2D eigenvalue weighted by Crippen LogP contribution is -2.22. The summed E-state index contributed by atoms with van der Waals surface area (Å²) >= 11 is 14.2. The summed E-state index contributed by atoms with van der Waals surface area (Å²) in [4.78, 5) is 6.02. The molecule has 2 rings (SSSR count). The van der Waals surface area contributed by atoms with Gasteiger partial charge in [0.1, 0.15) is 5.01 Å². The van der Waals surface area contributed by atoms with Crippen LogP contribution in [0, 0.1) is 6.92 Å². The summed E-state index contributed by atoms with van der Waals surface area (Å²) in [5.41, 5.74) is 2.14. The van der Waals surface area contributed by atoms with Gasteiger partial charge < -0.3 is 5.32 Å². The molecule has 1 aromatic heterocycles. The van der Waals surface area contributed by atoms with Crippen LogP contribution in [0.25, 0.3) is 0 Å². The van der Waals surface area contributed by atoms with Crippen molar-refractivity contribution in [2.24, 2.45) is 0 Å². The van der Waals surface area contributed by atoms with Crippen molar-refractivity contribution in [3.8, 4) is 0 Å². The van der Waals surface area contributed by atoms with E-state index in [0.717, 1.165) is 29.2 Å². The van der Waals surface area contributed by atoms with Gasteiger partial charge in [-0.15, -0.1) is 11.3 Å². The van der Waals surface area contributed by atoms with E-state index in [9.17, 15) is 0 Å². The van der Waals surface area contributed by atoms with Crippen LogP contribution >= 0.6 is 34.5 Å². The zero-order valence-electron chi connectivity index (χ0n) is 11.8. The fraction of sp³-hybridized carbons (Fsp3) is 0.400. The second kappa shape index (κ2) is 6.90. The molecule has 1 heterocycles. The third-order valence-electron chi connectivity index (χ3n) is 3.17. The van der Waals surface area contributed by atoms with E-state index < -0.39 is 0 Å². The molecule has 1 aromatic carbocycles. The molecule has 1 atom stereocenters. The van der Waals surface area contributed by atoms with Gasteiger partial charge in [0.15, 0.2) is 0 Å². The van der Waals surface area contributed by atoms with Gasteiger partial charge in [0.25, 0.3) is 0 Å². The first-order valence-corrected chi connectivity index (χ1v) is 8.28. The van der Waals surface area contributed by atoms with Crippen LogP contribution in [-0.4, -0.2) is 11.5 Å². The van der Waals surface area contributed by atoms with Crippen molar-refractivity contribution < 1.29 is 0 Å². The van der Waals surface area contributed by atoms with Gasteiger partial charge in [-0.05, 0) is 43.7 Å². The number of rotatable bonds is 5. The zero-order valence-corrected chi connectivity index (χ0v) is 14.2. The maximum absolute atomic E-state index is 6.34. The quantitative estimate of drug-likeness (QED) is 0.833. The highest BCUT2D eigenvalue weighted by Gasteiger charge is 2.21. The Hall–Kier alpha value is -0.610. The van der Waals surface area contributed by atoms with Crippen LogP contribution in [0.3, 0.4) is 0 Å². The van der Waals surface area contributed by atoms with Crippen LogP contribution in [0.4, 0.5) is 0 Å². The third kappa shape index (κ3) is 3.34. The third-order valence-corrected chi connectivity index (χ3v) is 4.83. The minimum atomic E-state index is -0.00444. The van der Waals surface area contributed by atoms with Gasteiger partial charge in [0, 0.05) is 14.9 Å². The molecule has 0 saturated heterocycles. The average molecular weight is 329 g/mol. The van der Waals surface area contributed by atoms with Crippen molar-refractivity contribution >= 4 is 34.5 Å². The average Bonchev–Trinajstić information content (AvgIpc) is 2.80. The smallest absolute Gasteiger partial charge is 0.115 e. The summed E-state index contributed by atoms with van der Waals surface area (Å²) in [6, 6.07) is 5.56. The van der Waals surface area contributed by atoms with Crippen LogP contribution in [-0.2, 0) is 6.42 Å². The molecule has 0 aliphatic heterocycles. The number of aromatic nitrogens is 1. The predicted octanol–water partition coefficient (Wildman–Crippen LogP) is 5.02. The molecular formula is C15H18Cl2N2S. The van der Waals surface area contributed by atoms with Crippen LogP contribution in [0.5, 0.6) is 0 Å². The molecule has 0 fully saturated rings. The standard InChI is InChI=1S/C15H18Cl2N2S/c1-4-13-9(3)20-15(19-13)14(18-5-2)11-8-10(16)6-7-12(11)17/h6-8,14,18H,4-5H2,1-3H3. The second-order valence-corrected chi connectivity index (χ2v) is 6.64. The highest BCUT2D eigenvalue weighted by Crippen LogP contribution is 2.33. The summed E-state index contributed by atoms with van der Waals surface area (Å²) in [5, 5.41) is 5.90. The van der Waals surface area contributed by atoms with Crippen LogP contribution in [0.2, 0.25) is 10.0 Å². The van der Waals surface area contributed by atoms with Crippen molar-refractivity contribution in [1.82, 2.24) is 10.3 Å². The Morgan fingerprint density at radius 2 is 2.05 bits per heavy atom. The Morgan fingerprint density at radius 3 is 2.65 bits per heavy atom. The molecule has 108 valence electrons. The molecule has 5 heteroatoms. The molecule has 0 aliphatic carbocycles. The van der Waals surface area contributed by atoms with Crippen molar-refractivity contribution in [2.75, 3.05) is 6.54 Å². The number of nitrogens with one attached hydrogen (secondary N) is 1. The summed E-state index contributed by atoms with van der Waals surface area (Å²) in [5.74, 6) is 0. The summed E-state index contributed by atoms with van der Waals surface area (Å²) in [7, 11) is 0. The zero-order chi connectivity index (χ0) is 14.7. The van der Waals surface area contributed by atoms with Crippen LogP contribution in [0.15, 0.2) is 18.2 Å². The fourth-order valence-corrected chi connectivity index (χ4v) is 3.68. The van der Waals surface area contributed by atoms with Gasteiger partial charge in [-0.2, -0.15) is 0 Å². The Kier molecular flexibility index (Phi) is 5.44. The number of nitrogens with zero attached hydrogens (tertiary/aromatic N) is 1. The van der Waals surface area contributed by atoms with E-state index in [4.69, 9.17) is 28.2 Å². The summed E-state index contributed by atoms with van der Waals surface area (Å²) in [6.07, 6.45) is 0.949. The van der Waals surface area contributed by atoms with Gasteiger partial charge in [-0.1, -0.05) is 37.0 Å². The molecule has 0 aliphatic rings. The van der Waals surface area contributed by atoms with Crippen molar-refractivity contribution in [1.29, 1.82) is 0 Å². The number of hydrogen-bond acceptors (Lipinski definition) is 3. The topological polar surface area (TPSA) is 24.9 Å². The van der Waals surface area contributed by atoms with E-state index in [0.29, 0.717) is 10.0 Å². The highest BCUT2D eigenvalue weighted by molar-refractivity contribution is 7.11. The van der Waals surface area contributed by atoms with E-state index in [2.05, 4.69) is 26.1 Å². The molecule has 0 spiro atoms. The lowest BCUT2D eigenvalue weighted by Gasteiger charge is -2.17. The Bertz CT molecular complexity index is 596. The van der Waals surface area contributed by atoms with Crippen LogP contribution in [0.1, 0.15) is 41.0 Å². The van der Waals surface area contributed by atoms with Gasteiger partial charge in [-0.3, -0.25) is 0 Å². The number of thiazole rings is 1. The lowest BCUT2D eigenvalue weighted by molar-refractivity contribution is 0.625. The monoisotopic (exact) mass is 328 g/mol. The first kappa shape index (κ1) is 15.8. The highest BCUT2D eigenvalue weighted by atomic mass is 35.5. The molecule has 2 nitrogen and oxygen atoms in total. The maximum Gasteiger partial charge on any atom is 0.115 e. The summed E-state index contributed by atoms with van der Waals surface area (Å²) < 4.78 is 0. The Balaban J connectivity index is 2.46. The van der Waals surface area contributed by atoms with Gasteiger partial charge in [0.2, 0.25) is 0 Å². The van der Waals surface area contributed by atoms with E-state index in [1.54, 1.807) is 17.4 Å². The second-order valence-electron chi connectivity index (χ2n) is 4.57. The van der Waals surface area contributed by atoms with E-state index in [-0.39, 0.29) is 6.04 Å². The molecule has 0 amide bonds.